The highest BCUT2D eigenvalue weighted by Gasteiger charge is 2.16. The maximum Gasteiger partial charge on any atom is 0.196 e. The van der Waals surface area contributed by atoms with E-state index >= 15 is 0 Å². The molecule has 0 spiro atoms. The highest BCUT2D eigenvalue weighted by atomic mass is 16.5. The van der Waals surface area contributed by atoms with Gasteiger partial charge < -0.3 is 31.2 Å². The molecule has 0 saturated carbocycles. The molecule has 0 aliphatic rings. The Morgan fingerprint density at radius 1 is 0.656 bits per heavy atom. The summed E-state index contributed by atoms with van der Waals surface area (Å²) in [4.78, 5) is 13.1. The standard InChI is InChI=1S/C25H20N2O5/c26-20-13-17(9-11-22(20)28)31-16-7-5-15(6-8-16)25(30)19-3-1-2-4-24(19)32-18-10-12-23(29)21(27)14-18/h1-14,28-29H,26-27H2. The number of phenolic OH excluding ortho intramolecular Hbond substituents is 2. The fourth-order valence-electron chi connectivity index (χ4n) is 3.03. The Labute approximate surface area is 184 Å². The molecule has 0 fully saturated rings. The predicted octanol–water partition coefficient (Wildman–Crippen LogP) is 5.08. The van der Waals surface area contributed by atoms with E-state index in [0.29, 0.717) is 34.1 Å². The lowest BCUT2D eigenvalue weighted by Crippen LogP contribution is -2.03. The zero-order valence-electron chi connectivity index (χ0n) is 16.9. The van der Waals surface area contributed by atoms with Crippen molar-refractivity contribution in [1.82, 2.24) is 0 Å². The molecule has 0 heterocycles. The minimum atomic E-state index is -0.229. The Kier molecular flexibility index (Phi) is 5.55. The quantitative estimate of drug-likeness (QED) is 0.192. The maximum atomic E-state index is 13.1. The Morgan fingerprint density at radius 3 is 1.78 bits per heavy atom. The number of hydrogen-bond acceptors (Lipinski definition) is 7. The van der Waals surface area contributed by atoms with Gasteiger partial charge in [0.2, 0.25) is 0 Å². The van der Waals surface area contributed by atoms with Gasteiger partial charge in [0.1, 0.15) is 34.5 Å². The van der Waals surface area contributed by atoms with Gasteiger partial charge in [0.25, 0.3) is 0 Å². The molecule has 7 nitrogen and oxygen atoms in total. The fourth-order valence-corrected chi connectivity index (χ4v) is 3.03. The van der Waals surface area contributed by atoms with Crippen molar-refractivity contribution < 1.29 is 24.5 Å². The molecular weight excluding hydrogens is 408 g/mol. The number of carbonyl (C=O) groups is 1. The Morgan fingerprint density at radius 2 is 1.19 bits per heavy atom. The molecule has 0 radical (unpaired) electrons. The van der Waals surface area contributed by atoms with Crippen molar-refractivity contribution in [3.63, 3.8) is 0 Å². The number of aromatic hydroxyl groups is 2. The van der Waals surface area contributed by atoms with Gasteiger partial charge in [0.15, 0.2) is 5.78 Å². The average molecular weight is 428 g/mol. The summed E-state index contributed by atoms with van der Waals surface area (Å²) in [6.45, 7) is 0. The van der Waals surface area contributed by atoms with Crippen LogP contribution in [0.5, 0.6) is 34.5 Å². The number of phenols is 2. The number of para-hydroxylation sites is 1. The number of nitrogen functional groups attached to an aromatic ring is 2. The first-order valence-electron chi connectivity index (χ1n) is 9.67. The minimum Gasteiger partial charge on any atom is -0.506 e. The van der Waals surface area contributed by atoms with E-state index in [1.165, 1.54) is 24.3 Å². The smallest absolute Gasteiger partial charge is 0.196 e. The summed E-state index contributed by atoms with van der Waals surface area (Å²) in [5.41, 5.74) is 12.6. The zero-order valence-corrected chi connectivity index (χ0v) is 16.9. The summed E-state index contributed by atoms with van der Waals surface area (Å²) in [7, 11) is 0. The van der Waals surface area contributed by atoms with Crippen LogP contribution < -0.4 is 20.9 Å². The molecule has 0 aliphatic carbocycles. The number of hydrogen-bond donors (Lipinski definition) is 4. The molecule has 0 aliphatic heterocycles. The summed E-state index contributed by atoms with van der Waals surface area (Å²) in [6.07, 6.45) is 0. The molecule has 4 aromatic carbocycles. The third-order valence-electron chi connectivity index (χ3n) is 4.71. The molecular formula is C25H20N2O5. The molecule has 7 heteroatoms. The summed E-state index contributed by atoms with van der Waals surface area (Å²) in [6, 6.07) is 22.5. The second kappa shape index (κ2) is 8.61. The lowest BCUT2D eigenvalue weighted by molar-refractivity contribution is 0.103. The van der Waals surface area contributed by atoms with Gasteiger partial charge in [0, 0.05) is 17.7 Å². The van der Waals surface area contributed by atoms with Crippen molar-refractivity contribution in [3.8, 4) is 34.5 Å². The van der Waals surface area contributed by atoms with E-state index in [1.807, 2.05) is 0 Å². The molecule has 0 amide bonds. The zero-order chi connectivity index (χ0) is 22.7. The van der Waals surface area contributed by atoms with Gasteiger partial charge in [-0.25, -0.2) is 0 Å². The van der Waals surface area contributed by atoms with E-state index in [-0.39, 0.29) is 28.7 Å². The number of ether oxygens (including phenoxy) is 2. The van der Waals surface area contributed by atoms with Crippen LogP contribution in [0.25, 0.3) is 0 Å². The molecule has 0 atom stereocenters. The van der Waals surface area contributed by atoms with E-state index in [9.17, 15) is 15.0 Å². The van der Waals surface area contributed by atoms with Crippen LogP contribution in [0.3, 0.4) is 0 Å². The number of benzene rings is 4. The van der Waals surface area contributed by atoms with Gasteiger partial charge in [-0.1, -0.05) is 12.1 Å². The largest absolute Gasteiger partial charge is 0.506 e. The van der Waals surface area contributed by atoms with Crippen LogP contribution >= 0.6 is 0 Å². The highest BCUT2D eigenvalue weighted by molar-refractivity contribution is 6.10. The predicted molar refractivity (Wildman–Crippen MR) is 122 cm³/mol. The van der Waals surface area contributed by atoms with Gasteiger partial charge >= 0.3 is 0 Å². The lowest BCUT2D eigenvalue weighted by Gasteiger charge is -2.12. The monoisotopic (exact) mass is 428 g/mol. The Hall–Kier alpha value is -4.65. The van der Waals surface area contributed by atoms with E-state index < -0.39 is 0 Å². The molecule has 4 rings (SSSR count). The Balaban J connectivity index is 1.54. The van der Waals surface area contributed by atoms with Gasteiger partial charge in [0.05, 0.1) is 16.9 Å². The van der Waals surface area contributed by atoms with Crippen molar-refractivity contribution in [3.05, 3.63) is 96.1 Å². The molecule has 0 bridgehead atoms. The number of carbonyl (C=O) groups excluding carboxylic acids is 1. The number of ketones is 1. The van der Waals surface area contributed by atoms with Crippen molar-refractivity contribution >= 4 is 17.2 Å². The molecule has 160 valence electrons. The molecule has 4 aromatic rings. The fraction of sp³-hybridized carbons (Fsp3) is 0. The first-order chi connectivity index (χ1) is 15.4. The molecule has 32 heavy (non-hydrogen) atoms. The second-order valence-corrected chi connectivity index (χ2v) is 7.00. The Bertz CT molecular complexity index is 1290. The van der Waals surface area contributed by atoms with Gasteiger partial charge in [-0.2, -0.15) is 0 Å². The van der Waals surface area contributed by atoms with Crippen LogP contribution in [0.4, 0.5) is 11.4 Å². The van der Waals surface area contributed by atoms with Crippen molar-refractivity contribution in [2.24, 2.45) is 0 Å². The third-order valence-corrected chi connectivity index (χ3v) is 4.71. The van der Waals surface area contributed by atoms with E-state index in [1.54, 1.807) is 60.7 Å². The number of anilines is 2. The molecule has 0 aromatic heterocycles. The molecule has 6 N–H and O–H groups in total. The number of rotatable bonds is 6. The first-order valence-corrected chi connectivity index (χ1v) is 9.67. The first kappa shape index (κ1) is 20.6. The van der Waals surface area contributed by atoms with E-state index in [4.69, 9.17) is 20.9 Å². The van der Waals surface area contributed by atoms with Crippen molar-refractivity contribution in [1.29, 1.82) is 0 Å². The summed E-state index contributed by atoms with van der Waals surface area (Å²) >= 11 is 0. The van der Waals surface area contributed by atoms with Crippen LogP contribution in [0.15, 0.2) is 84.9 Å². The SMILES string of the molecule is Nc1cc(Oc2ccc(C(=O)c3ccccc3Oc3ccc(O)c(N)c3)cc2)ccc1O. The topological polar surface area (TPSA) is 128 Å². The molecule has 0 saturated heterocycles. The van der Waals surface area contributed by atoms with Gasteiger partial charge in [-0.3, -0.25) is 4.79 Å². The summed E-state index contributed by atoms with van der Waals surface area (Å²) in [5.74, 6) is 1.45. The average Bonchev–Trinajstić information content (AvgIpc) is 2.79. The third kappa shape index (κ3) is 4.41. The van der Waals surface area contributed by atoms with E-state index in [0.717, 1.165) is 0 Å². The van der Waals surface area contributed by atoms with Gasteiger partial charge in [-0.15, -0.1) is 0 Å². The van der Waals surface area contributed by atoms with Crippen molar-refractivity contribution in [2.45, 2.75) is 0 Å². The van der Waals surface area contributed by atoms with Crippen LogP contribution in [-0.4, -0.2) is 16.0 Å². The highest BCUT2D eigenvalue weighted by Crippen LogP contribution is 2.32. The second-order valence-electron chi connectivity index (χ2n) is 7.00. The van der Waals surface area contributed by atoms with E-state index in [2.05, 4.69) is 0 Å². The lowest BCUT2D eigenvalue weighted by atomic mass is 10.0. The maximum absolute atomic E-state index is 13.1. The number of nitrogens with two attached hydrogens (primary N) is 2. The minimum absolute atomic E-state index is 0.0193. The van der Waals surface area contributed by atoms with Crippen LogP contribution in [-0.2, 0) is 0 Å². The van der Waals surface area contributed by atoms with Gasteiger partial charge in [-0.05, 0) is 60.7 Å². The van der Waals surface area contributed by atoms with Crippen molar-refractivity contribution in [2.75, 3.05) is 11.5 Å². The summed E-state index contributed by atoms with van der Waals surface area (Å²) in [5, 5.41) is 19.1. The normalized spacial score (nSPS) is 10.5. The van der Waals surface area contributed by atoms with Crippen LogP contribution in [0, 0.1) is 0 Å². The summed E-state index contributed by atoms with van der Waals surface area (Å²) < 4.78 is 11.6. The van der Waals surface area contributed by atoms with Crippen LogP contribution in [0.2, 0.25) is 0 Å². The molecule has 0 unspecified atom stereocenters. The van der Waals surface area contributed by atoms with Crippen LogP contribution in [0.1, 0.15) is 15.9 Å².